The van der Waals surface area contributed by atoms with Crippen LogP contribution in [-0.4, -0.2) is 4.98 Å². The number of benzene rings is 2. The second kappa shape index (κ2) is 4.79. The number of hydrogen-bond acceptors (Lipinski definition) is 3. The van der Waals surface area contributed by atoms with E-state index in [0.29, 0.717) is 0 Å². The van der Waals surface area contributed by atoms with Crippen molar-refractivity contribution in [1.29, 1.82) is 0 Å². The summed E-state index contributed by atoms with van der Waals surface area (Å²) in [7, 11) is 0. The maximum atomic E-state index is 6.03. The van der Waals surface area contributed by atoms with Crippen LogP contribution in [0.3, 0.4) is 0 Å². The van der Waals surface area contributed by atoms with Crippen molar-refractivity contribution in [1.82, 2.24) is 4.98 Å². The third kappa shape index (κ3) is 2.26. The summed E-state index contributed by atoms with van der Waals surface area (Å²) in [6, 6.07) is 12.1. The van der Waals surface area contributed by atoms with Crippen molar-refractivity contribution in [2.24, 2.45) is 0 Å². The molecule has 3 aromatic rings. The molecule has 2 nitrogen and oxygen atoms in total. The second-order valence-electron chi connectivity index (χ2n) is 3.86. The van der Waals surface area contributed by atoms with Crippen molar-refractivity contribution in [3.63, 3.8) is 0 Å². The number of rotatable bonds is 1. The lowest BCUT2D eigenvalue weighted by atomic mass is 10.2. The Morgan fingerprint density at radius 3 is 2.83 bits per heavy atom. The van der Waals surface area contributed by atoms with Gasteiger partial charge < -0.3 is 5.73 Å². The predicted octanol–water partition coefficient (Wildman–Crippen LogP) is 4.91. The first kappa shape index (κ1) is 12.4. The Bertz CT molecular complexity index is 739. The summed E-state index contributed by atoms with van der Waals surface area (Å²) in [6.07, 6.45) is 0. The minimum Gasteiger partial charge on any atom is -0.398 e. The van der Waals surface area contributed by atoms with Gasteiger partial charge in [0.15, 0.2) is 0 Å². The van der Waals surface area contributed by atoms with E-state index in [4.69, 9.17) is 5.73 Å². The van der Waals surface area contributed by atoms with E-state index in [0.717, 1.165) is 34.5 Å². The molecular weight excluding hydrogens is 423 g/mol. The third-order valence-electron chi connectivity index (χ3n) is 2.60. The van der Waals surface area contributed by atoms with Crippen molar-refractivity contribution in [3.8, 4) is 10.6 Å². The molecule has 2 aromatic carbocycles. The average molecular weight is 431 g/mol. The van der Waals surface area contributed by atoms with E-state index in [-0.39, 0.29) is 0 Å². The molecule has 0 radical (unpaired) electrons. The Morgan fingerprint density at radius 2 is 2.00 bits per heavy atom. The fourth-order valence-corrected chi connectivity index (χ4v) is 3.77. The van der Waals surface area contributed by atoms with E-state index in [1.807, 2.05) is 24.3 Å². The summed E-state index contributed by atoms with van der Waals surface area (Å²) in [4.78, 5) is 4.64. The molecule has 2 N–H and O–H groups in total. The lowest BCUT2D eigenvalue weighted by Gasteiger charge is -2.01. The van der Waals surface area contributed by atoms with Crippen LogP contribution in [0.25, 0.3) is 20.8 Å². The van der Waals surface area contributed by atoms with Crippen LogP contribution in [0.15, 0.2) is 40.9 Å². The van der Waals surface area contributed by atoms with Crippen LogP contribution in [0.1, 0.15) is 0 Å². The van der Waals surface area contributed by atoms with Gasteiger partial charge in [0, 0.05) is 19.3 Å². The van der Waals surface area contributed by atoms with Crippen LogP contribution < -0.4 is 5.73 Å². The van der Waals surface area contributed by atoms with Gasteiger partial charge in [-0.25, -0.2) is 4.98 Å². The highest BCUT2D eigenvalue weighted by Gasteiger charge is 2.09. The molecule has 0 aliphatic rings. The van der Waals surface area contributed by atoms with Gasteiger partial charge in [-0.15, -0.1) is 11.3 Å². The normalized spacial score (nSPS) is 11.0. The average Bonchev–Trinajstić information content (AvgIpc) is 2.74. The molecule has 90 valence electrons. The number of halogens is 2. The van der Waals surface area contributed by atoms with Crippen LogP contribution in [0.5, 0.6) is 0 Å². The molecule has 0 bridgehead atoms. The summed E-state index contributed by atoms with van der Waals surface area (Å²) in [5.41, 5.74) is 8.82. The zero-order chi connectivity index (χ0) is 12.7. The summed E-state index contributed by atoms with van der Waals surface area (Å²) < 4.78 is 3.40. The SMILES string of the molecule is Nc1ccc(I)cc1-c1nc2ccc(Br)cc2s1. The number of aromatic nitrogens is 1. The molecule has 0 aliphatic carbocycles. The van der Waals surface area contributed by atoms with Crippen molar-refractivity contribution in [2.75, 3.05) is 5.73 Å². The summed E-state index contributed by atoms with van der Waals surface area (Å²) >= 11 is 7.43. The molecule has 0 amide bonds. The highest BCUT2D eigenvalue weighted by molar-refractivity contribution is 14.1. The van der Waals surface area contributed by atoms with E-state index >= 15 is 0 Å². The Labute approximate surface area is 130 Å². The number of nitrogen functional groups attached to an aromatic ring is 1. The first-order valence-electron chi connectivity index (χ1n) is 5.25. The van der Waals surface area contributed by atoms with E-state index in [1.54, 1.807) is 11.3 Å². The highest BCUT2D eigenvalue weighted by atomic mass is 127. The topological polar surface area (TPSA) is 38.9 Å². The van der Waals surface area contributed by atoms with E-state index in [9.17, 15) is 0 Å². The molecule has 0 spiro atoms. The van der Waals surface area contributed by atoms with Gasteiger partial charge in [-0.05, 0) is 59.0 Å². The molecule has 1 aromatic heterocycles. The molecule has 5 heteroatoms. The molecule has 0 atom stereocenters. The third-order valence-corrected chi connectivity index (χ3v) is 4.81. The first-order valence-corrected chi connectivity index (χ1v) is 7.94. The Morgan fingerprint density at radius 1 is 1.17 bits per heavy atom. The molecule has 0 saturated heterocycles. The standard InChI is InChI=1S/C13H8BrIN2S/c14-7-1-4-11-12(5-7)18-13(17-11)9-6-8(15)2-3-10(9)16/h1-6H,16H2. The van der Waals surface area contributed by atoms with Gasteiger partial charge in [0.05, 0.1) is 10.2 Å². The lowest BCUT2D eigenvalue weighted by molar-refractivity contribution is 1.47. The van der Waals surface area contributed by atoms with Crippen LogP contribution in [0.4, 0.5) is 5.69 Å². The zero-order valence-electron chi connectivity index (χ0n) is 9.15. The monoisotopic (exact) mass is 430 g/mol. The molecular formula is C13H8BrIN2S. The molecule has 0 unspecified atom stereocenters. The van der Waals surface area contributed by atoms with Crippen LogP contribution >= 0.6 is 49.9 Å². The fraction of sp³-hybridized carbons (Fsp3) is 0. The van der Waals surface area contributed by atoms with E-state index in [2.05, 4.69) is 55.6 Å². The molecule has 1 heterocycles. The maximum absolute atomic E-state index is 6.03. The number of fused-ring (bicyclic) bond motifs is 1. The minimum atomic E-state index is 0.772. The number of hydrogen-bond donors (Lipinski definition) is 1. The number of thiazole rings is 1. The van der Waals surface area contributed by atoms with Gasteiger partial charge in [-0.1, -0.05) is 15.9 Å². The van der Waals surface area contributed by atoms with Crippen LogP contribution in [0, 0.1) is 3.57 Å². The Hall–Kier alpha value is -0.660. The van der Waals surface area contributed by atoms with E-state index in [1.165, 1.54) is 0 Å². The molecule has 0 aliphatic heterocycles. The van der Waals surface area contributed by atoms with Gasteiger partial charge in [-0.3, -0.25) is 0 Å². The number of anilines is 1. The number of nitrogens with zero attached hydrogens (tertiary/aromatic N) is 1. The highest BCUT2D eigenvalue weighted by Crippen LogP contribution is 2.35. The predicted molar refractivity (Wildman–Crippen MR) is 89.9 cm³/mol. The smallest absolute Gasteiger partial charge is 0.126 e. The van der Waals surface area contributed by atoms with Gasteiger partial charge >= 0.3 is 0 Å². The van der Waals surface area contributed by atoms with Crippen molar-refractivity contribution >= 4 is 65.8 Å². The van der Waals surface area contributed by atoms with Crippen LogP contribution in [0.2, 0.25) is 0 Å². The summed E-state index contributed by atoms with van der Waals surface area (Å²) in [6.45, 7) is 0. The number of nitrogens with two attached hydrogens (primary N) is 1. The summed E-state index contributed by atoms with van der Waals surface area (Å²) in [5, 5.41) is 0.971. The largest absolute Gasteiger partial charge is 0.398 e. The van der Waals surface area contributed by atoms with Gasteiger partial charge in [0.1, 0.15) is 5.01 Å². The molecule has 0 fully saturated rings. The molecule has 0 saturated carbocycles. The minimum absolute atomic E-state index is 0.772. The first-order chi connectivity index (χ1) is 8.63. The van der Waals surface area contributed by atoms with Crippen LogP contribution in [-0.2, 0) is 0 Å². The van der Waals surface area contributed by atoms with Crippen molar-refractivity contribution in [3.05, 3.63) is 44.4 Å². The fourth-order valence-electron chi connectivity index (χ4n) is 1.73. The van der Waals surface area contributed by atoms with Gasteiger partial charge in [0.2, 0.25) is 0 Å². The quantitative estimate of drug-likeness (QED) is 0.440. The van der Waals surface area contributed by atoms with Crippen molar-refractivity contribution < 1.29 is 0 Å². The van der Waals surface area contributed by atoms with E-state index < -0.39 is 0 Å². The van der Waals surface area contributed by atoms with Crippen molar-refractivity contribution in [2.45, 2.75) is 0 Å². The zero-order valence-corrected chi connectivity index (χ0v) is 13.7. The van der Waals surface area contributed by atoms with Gasteiger partial charge in [0.25, 0.3) is 0 Å². The second-order valence-corrected chi connectivity index (χ2v) is 7.05. The molecule has 3 rings (SSSR count). The summed E-state index contributed by atoms with van der Waals surface area (Å²) in [5.74, 6) is 0. The maximum Gasteiger partial charge on any atom is 0.126 e. The molecule has 18 heavy (non-hydrogen) atoms. The Balaban J connectivity index is 2.22. The lowest BCUT2D eigenvalue weighted by Crippen LogP contribution is -1.89. The Kier molecular flexibility index (Phi) is 3.29. The van der Waals surface area contributed by atoms with Gasteiger partial charge in [-0.2, -0.15) is 0 Å².